The van der Waals surface area contributed by atoms with Gasteiger partial charge >= 0.3 is 0 Å². The first-order valence-electron chi connectivity index (χ1n) is 6.01. The molecule has 0 bridgehead atoms. The lowest BCUT2D eigenvalue weighted by Gasteiger charge is -2.04. The van der Waals surface area contributed by atoms with E-state index in [1.807, 2.05) is 12.1 Å². The van der Waals surface area contributed by atoms with Crippen LogP contribution in [0.15, 0.2) is 28.9 Å². The number of halogens is 1. The lowest BCUT2D eigenvalue weighted by Crippen LogP contribution is -2.21. The van der Waals surface area contributed by atoms with Gasteiger partial charge in [-0.15, -0.1) is 0 Å². The van der Waals surface area contributed by atoms with Gasteiger partial charge in [0.15, 0.2) is 0 Å². The summed E-state index contributed by atoms with van der Waals surface area (Å²) in [4.78, 5) is 4.52. The van der Waals surface area contributed by atoms with Crippen LogP contribution in [0.5, 0.6) is 0 Å². The third kappa shape index (κ3) is 3.11. The standard InChI is InChI=1S/C14H17IN2O/c1-9(2)16-7-11-8-18-14(17-11)12-6-4-5-10(3)13(12)15/h4-6,8-9,16H,7H2,1-3H3. The van der Waals surface area contributed by atoms with Crippen molar-refractivity contribution >= 4 is 22.6 Å². The number of aromatic nitrogens is 1. The molecular weight excluding hydrogens is 339 g/mol. The van der Waals surface area contributed by atoms with Gasteiger partial charge in [0.05, 0.1) is 11.3 Å². The van der Waals surface area contributed by atoms with Gasteiger partial charge in [-0.25, -0.2) is 4.98 Å². The minimum Gasteiger partial charge on any atom is -0.444 e. The van der Waals surface area contributed by atoms with Gasteiger partial charge in [-0.1, -0.05) is 26.0 Å². The molecule has 0 unspecified atom stereocenters. The molecule has 2 rings (SSSR count). The van der Waals surface area contributed by atoms with Crippen molar-refractivity contribution in [3.63, 3.8) is 0 Å². The first-order valence-corrected chi connectivity index (χ1v) is 7.09. The van der Waals surface area contributed by atoms with Crippen molar-refractivity contribution in [1.29, 1.82) is 0 Å². The second kappa shape index (κ2) is 5.84. The molecule has 0 aliphatic carbocycles. The molecule has 18 heavy (non-hydrogen) atoms. The third-order valence-electron chi connectivity index (χ3n) is 2.67. The van der Waals surface area contributed by atoms with Crippen LogP contribution in [-0.4, -0.2) is 11.0 Å². The summed E-state index contributed by atoms with van der Waals surface area (Å²) in [5.41, 5.74) is 3.25. The molecule has 1 aromatic carbocycles. The van der Waals surface area contributed by atoms with Crippen molar-refractivity contribution in [3.8, 4) is 11.5 Å². The Morgan fingerprint density at radius 3 is 2.89 bits per heavy atom. The van der Waals surface area contributed by atoms with Crippen molar-refractivity contribution in [2.75, 3.05) is 0 Å². The van der Waals surface area contributed by atoms with E-state index in [1.54, 1.807) is 6.26 Å². The maximum Gasteiger partial charge on any atom is 0.227 e. The highest BCUT2D eigenvalue weighted by atomic mass is 127. The van der Waals surface area contributed by atoms with Gasteiger partial charge in [-0.3, -0.25) is 0 Å². The van der Waals surface area contributed by atoms with Crippen LogP contribution in [0.25, 0.3) is 11.5 Å². The molecule has 1 aromatic heterocycles. The zero-order valence-electron chi connectivity index (χ0n) is 10.8. The van der Waals surface area contributed by atoms with E-state index in [-0.39, 0.29) is 0 Å². The molecule has 2 aromatic rings. The van der Waals surface area contributed by atoms with Crippen LogP contribution in [0.4, 0.5) is 0 Å². The summed E-state index contributed by atoms with van der Waals surface area (Å²) in [6, 6.07) is 6.61. The molecule has 3 nitrogen and oxygen atoms in total. The van der Waals surface area contributed by atoms with Crippen LogP contribution in [0.3, 0.4) is 0 Å². The lowest BCUT2D eigenvalue weighted by atomic mass is 10.1. The van der Waals surface area contributed by atoms with Gasteiger partial charge in [0.1, 0.15) is 6.26 Å². The van der Waals surface area contributed by atoms with E-state index in [0.29, 0.717) is 11.9 Å². The monoisotopic (exact) mass is 356 g/mol. The van der Waals surface area contributed by atoms with Crippen molar-refractivity contribution < 1.29 is 4.42 Å². The number of hydrogen-bond acceptors (Lipinski definition) is 3. The third-order valence-corrected chi connectivity index (χ3v) is 4.10. The van der Waals surface area contributed by atoms with E-state index in [2.05, 4.69) is 59.7 Å². The molecule has 4 heteroatoms. The highest BCUT2D eigenvalue weighted by molar-refractivity contribution is 14.1. The fourth-order valence-corrected chi connectivity index (χ4v) is 2.22. The largest absolute Gasteiger partial charge is 0.444 e. The minimum absolute atomic E-state index is 0.448. The Hall–Kier alpha value is -0.880. The second-order valence-corrected chi connectivity index (χ2v) is 5.69. The normalized spacial score (nSPS) is 11.2. The van der Waals surface area contributed by atoms with Crippen LogP contribution in [-0.2, 0) is 6.54 Å². The van der Waals surface area contributed by atoms with Gasteiger partial charge in [0.2, 0.25) is 5.89 Å². The molecule has 0 saturated carbocycles. The summed E-state index contributed by atoms with van der Waals surface area (Å²) in [7, 11) is 0. The zero-order valence-corrected chi connectivity index (χ0v) is 13.0. The Morgan fingerprint density at radius 1 is 1.39 bits per heavy atom. The molecule has 0 amide bonds. The van der Waals surface area contributed by atoms with Crippen LogP contribution >= 0.6 is 22.6 Å². The number of nitrogens with one attached hydrogen (secondary N) is 1. The van der Waals surface area contributed by atoms with Crippen LogP contribution < -0.4 is 5.32 Å². The molecule has 1 heterocycles. The van der Waals surface area contributed by atoms with Gasteiger partial charge in [-0.2, -0.15) is 0 Å². The summed E-state index contributed by atoms with van der Waals surface area (Å²) in [5, 5.41) is 3.33. The molecule has 0 aliphatic heterocycles. The minimum atomic E-state index is 0.448. The molecule has 0 atom stereocenters. The maximum absolute atomic E-state index is 5.56. The number of nitrogens with zero attached hydrogens (tertiary/aromatic N) is 1. The smallest absolute Gasteiger partial charge is 0.227 e. The molecule has 0 saturated heterocycles. The Morgan fingerprint density at radius 2 is 2.17 bits per heavy atom. The summed E-state index contributed by atoms with van der Waals surface area (Å²) in [5.74, 6) is 0.698. The van der Waals surface area contributed by atoms with Gasteiger partial charge in [0, 0.05) is 16.2 Å². The zero-order chi connectivity index (χ0) is 13.1. The SMILES string of the molecule is Cc1cccc(-c2nc(CNC(C)C)co2)c1I. The Bertz CT molecular complexity index is 534. The number of rotatable bonds is 4. The highest BCUT2D eigenvalue weighted by Gasteiger charge is 2.11. The van der Waals surface area contributed by atoms with Crippen LogP contribution in [0, 0.1) is 10.5 Å². The fraction of sp³-hybridized carbons (Fsp3) is 0.357. The Labute approximate surface area is 121 Å². The number of oxazole rings is 1. The lowest BCUT2D eigenvalue weighted by molar-refractivity contribution is 0.560. The first kappa shape index (κ1) is 13.5. The predicted molar refractivity (Wildman–Crippen MR) is 81.4 cm³/mol. The average Bonchev–Trinajstić information content (AvgIpc) is 2.78. The molecule has 0 aliphatic rings. The average molecular weight is 356 g/mol. The van der Waals surface area contributed by atoms with E-state index >= 15 is 0 Å². The van der Waals surface area contributed by atoms with Crippen LogP contribution in [0.1, 0.15) is 25.1 Å². The van der Waals surface area contributed by atoms with Gasteiger partial charge in [0.25, 0.3) is 0 Å². The Balaban J connectivity index is 2.21. The van der Waals surface area contributed by atoms with E-state index in [0.717, 1.165) is 17.8 Å². The van der Waals surface area contributed by atoms with E-state index in [4.69, 9.17) is 4.42 Å². The van der Waals surface area contributed by atoms with Crippen molar-refractivity contribution in [3.05, 3.63) is 39.3 Å². The number of hydrogen-bond donors (Lipinski definition) is 1. The van der Waals surface area contributed by atoms with Crippen molar-refractivity contribution in [2.24, 2.45) is 0 Å². The van der Waals surface area contributed by atoms with Gasteiger partial charge < -0.3 is 9.73 Å². The van der Waals surface area contributed by atoms with E-state index in [9.17, 15) is 0 Å². The van der Waals surface area contributed by atoms with Crippen molar-refractivity contribution in [2.45, 2.75) is 33.4 Å². The maximum atomic E-state index is 5.56. The molecule has 96 valence electrons. The van der Waals surface area contributed by atoms with Crippen molar-refractivity contribution in [1.82, 2.24) is 10.3 Å². The number of benzene rings is 1. The Kier molecular flexibility index (Phi) is 4.40. The summed E-state index contributed by atoms with van der Waals surface area (Å²) in [6.07, 6.45) is 1.73. The van der Waals surface area contributed by atoms with Crippen LogP contribution in [0.2, 0.25) is 0 Å². The molecule has 1 N–H and O–H groups in total. The topological polar surface area (TPSA) is 38.1 Å². The predicted octanol–water partition coefficient (Wildman–Crippen LogP) is 3.75. The van der Waals surface area contributed by atoms with Gasteiger partial charge in [-0.05, 0) is 41.1 Å². The molecular formula is C14H17IN2O. The molecule has 0 radical (unpaired) electrons. The summed E-state index contributed by atoms with van der Waals surface area (Å²) >= 11 is 2.33. The van der Waals surface area contributed by atoms with E-state index in [1.165, 1.54) is 9.13 Å². The summed E-state index contributed by atoms with van der Waals surface area (Å²) in [6.45, 7) is 7.06. The molecule has 0 spiro atoms. The second-order valence-electron chi connectivity index (χ2n) is 4.62. The highest BCUT2D eigenvalue weighted by Crippen LogP contribution is 2.26. The quantitative estimate of drug-likeness (QED) is 0.848. The fourth-order valence-electron chi connectivity index (χ4n) is 1.63. The van der Waals surface area contributed by atoms with E-state index < -0.39 is 0 Å². The number of aryl methyl sites for hydroxylation is 1. The summed E-state index contributed by atoms with van der Waals surface area (Å²) < 4.78 is 6.76. The molecule has 0 fully saturated rings. The first-order chi connectivity index (χ1) is 8.58.